The number of H-pyrrole nitrogens is 1. The second-order valence-corrected chi connectivity index (χ2v) is 6.52. The van der Waals surface area contributed by atoms with Gasteiger partial charge >= 0.3 is 6.03 Å². The summed E-state index contributed by atoms with van der Waals surface area (Å²) in [7, 11) is 0. The van der Waals surface area contributed by atoms with Crippen LogP contribution in [-0.2, 0) is 13.0 Å². The SMILES string of the molecule is [C-]#[N+]c1c2n(c3c(=O)[nH]cnc13)CCN(C(=O)Nc1ccc(C)cc1)CC2. The molecule has 0 aliphatic carbocycles. The first-order chi connectivity index (χ1) is 13.1. The van der Waals surface area contributed by atoms with E-state index in [4.69, 9.17) is 6.57 Å². The van der Waals surface area contributed by atoms with E-state index < -0.39 is 0 Å². The highest BCUT2D eigenvalue weighted by Crippen LogP contribution is 2.32. The molecule has 0 spiro atoms. The molecule has 0 radical (unpaired) electrons. The minimum absolute atomic E-state index is 0.190. The van der Waals surface area contributed by atoms with Gasteiger partial charge in [0.1, 0.15) is 11.0 Å². The molecule has 3 heterocycles. The largest absolute Gasteiger partial charge is 0.348 e. The van der Waals surface area contributed by atoms with Gasteiger partial charge in [-0.3, -0.25) is 4.79 Å². The Morgan fingerprint density at radius 1 is 1.26 bits per heavy atom. The summed E-state index contributed by atoms with van der Waals surface area (Å²) in [6, 6.07) is 7.42. The fourth-order valence-corrected chi connectivity index (χ4v) is 3.45. The highest BCUT2D eigenvalue weighted by Gasteiger charge is 2.25. The van der Waals surface area contributed by atoms with Crippen LogP contribution in [0.3, 0.4) is 0 Å². The smallest absolute Gasteiger partial charge is 0.321 e. The number of urea groups is 1. The molecule has 0 saturated carbocycles. The average molecular weight is 362 g/mol. The second kappa shape index (κ2) is 6.61. The van der Waals surface area contributed by atoms with Crippen LogP contribution in [0.5, 0.6) is 0 Å². The number of amides is 2. The van der Waals surface area contributed by atoms with Gasteiger partial charge in [-0.25, -0.2) is 14.6 Å². The van der Waals surface area contributed by atoms with Gasteiger partial charge in [0.25, 0.3) is 5.56 Å². The average Bonchev–Trinajstić information content (AvgIpc) is 2.81. The molecular weight excluding hydrogens is 344 g/mol. The van der Waals surface area contributed by atoms with Crippen molar-refractivity contribution in [1.29, 1.82) is 0 Å². The third-order valence-corrected chi connectivity index (χ3v) is 4.84. The van der Waals surface area contributed by atoms with Crippen molar-refractivity contribution < 1.29 is 4.79 Å². The van der Waals surface area contributed by atoms with Crippen LogP contribution in [0.2, 0.25) is 0 Å². The summed E-state index contributed by atoms with van der Waals surface area (Å²) in [6.07, 6.45) is 1.81. The summed E-state index contributed by atoms with van der Waals surface area (Å²) in [5.74, 6) is 0. The van der Waals surface area contributed by atoms with E-state index in [1.165, 1.54) is 6.33 Å². The molecule has 4 rings (SSSR count). The Bertz CT molecular complexity index is 1120. The van der Waals surface area contributed by atoms with Gasteiger partial charge in [0, 0.05) is 31.0 Å². The molecule has 136 valence electrons. The van der Waals surface area contributed by atoms with Crippen LogP contribution < -0.4 is 10.9 Å². The quantitative estimate of drug-likeness (QED) is 0.653. The number of fused-ring (bicyclic) bond motifs is 3. The van der Waals surface area contributed by atoms with E-state index >= 15 is 0 Å². The minimum atomic E-state index is -0.270. The zero-order chi connectivity index (χ0) is 19.0. The van der Waals surface area contributed by atoms with E-state index in [0.717, 1.165) is 16.9 Å². The van der Waals surface area contributed by atoms with Crippen molar-refractivity contribution in [3.8, 4) is 0 Å². The molecule has 3 aromatic rings. The summed E-state index contributed by atoms with van der Waals surface area (Å²) in [5.41, 5.74) is 3.59. The summed E-state index contributed by atoms with van der Waals surface area (Å²) < 4.78 is 1.83. The van der Waals surface area contributed by atoms with E-state index in [0.29, 0.717) is 42.8 Å². The van der Waals surface area contributed by atoms with Crippen LogP contribution in [0.25, 0.3) is 15.9 Å². The number of aryl methyl sites for hydroxylation is 1. The Morgan fingerprint density at radius 3 is 2.78 bits per heavy atom. The highest BCUT2D eigenvalue weighted by atomic mass is 16.2. The van der Waals surface area contributed by atoms with E-state index in [2.05, 4.69) is 20.1 Å². The predicted molar refractivity (Wildman–Crippen MR) is 102 cm³/mol. The molecule has 1 aliphatic heterocycles. The fourth-order valence-electron chi connectivity index (χ4n) is 3.45. The molecular formula is C19H18N6O2. The zero-order valence-electron chi connectivity index (χ0n) is 14.8. The predicted octanol–water partition coefficient (Wildman–Crippen LogP) is 2.67. The lowest BCUT2D eigenvalue weighted by Gasteiger charge is -2.21. The van der Waals surface area contributed by atoms with Crippen LogP contribution in [0.4, 0.5) is 16.2 Å². The van der Waals surface area contributed by atoms with Gasteiger partial charge in [0.05, 0.1) is 12.9 Å². The van der Waals surface area contributed by atoms with Crippen molar-refractivity contribution in [2.75, 3.05) is 18.4 Å². The number of rotatable bonds is 1. The Labute approximate surface area is 155 Å². The lowest BCUT2D eigenvalue weighted by molar-refractivity contribution is 0.213. The number of hydrogen-bond acceptors (Lipinski definition) is 3. The Morgan fingerprint density at radius 2 is 2.04 bits per heavy atom. The first-order valence-corrected chi connectivity index (χ1v) is 8.67. The van der Waals surface area contributed by atoms with Crippen LogP contribution in [0, 0.1) is 13.5 Å². The molecule has 0 unspecified atom stereocenters. The number of carbonyl (C=O) groups is 1. The maximum Gasteiger partial charge on any atom is 0.321 e. The number of benzene rings is 1. The van der Waals surface area contributed by atoms with Crippen LogP contribution >= 0.6 is 0 Å². The molecule has 0 bridgehead atoms. The third kappa shape index (κ3) is 2.93. The van der Waals surface area contributed by atoms with Gasteiger partial charge in [0.2, 0.25) is 5.69 Å². The van der Waals surface area contributed by atoms with Crippen molar-refractivity contribution in [3.05, 3.63) is 63.6 Å². The molecule has 8 nitrogen and oxygen atoms in total. The molecule has 2 amide bonds. The third-order valence-electron chi connectivity index (χ3n) is 4.84. The van der Waals surface area contributed by atoms with Gasteiger partial charge in [-0.05, 0) is 25.5 Å². The number of anilines is 1. The molecule has 0 atom stereocenters. The normalized spacial score (nSPS) is 13.7. The Balaban J connectivity index is 1.60. The van der Waals surface area contributed by atoms with Crippen LogP contribution in [-0.4, -0.2) is 38.6 Å². The summed E-state index contributed by atoms with van der Waals surface area (Å²) >= 11 is 0. The summed E-state index contributed by atoms with van der Waals surface area (Å²) in [6.45, 7) is 10.8. The Kier molecular flexibility index (Phi) is 4.12. The molecule has 2 N–H and O–H groups in total. The molecule has 2 aromatic heterocycles. The molecule has 27 heavy (non-hydrogen) atoms. The van der Waals surface area contributed by atoms with E-state index in [1.54, 1.807) is 4.90 Å². The summed E-state index contributed by atoms with van der Waals surface area (Å²) in [4.78, 5) is 36.9. The fraction of sp³-hybridized carbons (Fsp3) is 0.263. The first-order valence-electron chi connectivity index (χ1n) is 8.67. The standard InChI is InChI=1S/C19H18N6O2/c1-12-3-5-13(6-4-12)23-19(27)24-8-7-14-15(20-2)16-17(25(14)10-9-24)18(26)22-11-21-16/h3-6,11H,7-10H2,1H3,(H,23,27)(H,21,22,26). The number of hydrogen-bond donors (Lipinski definition) is 2. The van der Waals surface area contributed by atoms with Crippen molar-refractivity contribution in [1.82, 2.24) is 19.4 Å². The summed E-state index contributed by atoms with van der Waals surface area (Å²) in [5, 5.41) is 2.90. The van der Waals surface area contributed by atoms with Gasteiger partial charge < -0.3 is 19.8 Å². The van der Waals surface area contributed by atoms with Crippen LogP contribution in [0.1, 0.15) is 11.3 Å². The maximum absolute atomic E-state index is 12.6. The molecule has 1 aliphatic rings. The van der Waals surface area contributed by atoms with Crippen molar-refractivity contribution in [3.63, 3.8) is 0 Å². The van der Waals surface area contributed by atoms with E-state index in [9.17, 15) is 9.59 Å². The van der Waals surface area contributed by atoms with Gasteiger partial charge in [-0.15, -0.1) is 0 Å². The number of nitrogens with one attached hydrogen (secondary N) is 2. The van der Waals surface area contributed by atoms with Crippen molar-refractivity contribution >= 4 is 28.4 Å². The highest BCUT2D eigenvalue weighted by molar-refractivity contribution is 5.92. The lowest BCUT2D eigenvalue weighted by Crippen LogP contribution is -2.37. The number of aromatic amines is 1. The molecule has 8 heteroatoms. The minimum Gasteiger partial charge on any atom is -0.348 e. The zero-order valence-corrected chi connectivity index (χ0v) is 14.8. The second-order valence-electron chi connectivity index (χ2n) is 6.52. The maximum atomic E-state index is 12.6. The monoisotopic (exact) mass is 362 g/mol. The topological polar surface area (TPSA) is 87.4 Å². The number of nitrogens with zero attached hydrogens (tertiary/aromatic N) is 4. The van der Waals surface area contributed by atoms with Gasteiger partial charge in [0.15, 0.2) is 0 Å². The Hall–Kier alpha value is -3.60. The van der Waals surface area contributed by atoms with Crippen molar-refractivity contribution in [2.45, 2.75) is 19.9 Å². The van der Waals surface area contributed by atoms with Crippen LogP contribution in [0.15, 0.2) is 35.4 Å². The number of carbonyl (C=O) groups excluding carboxylic acids is 1. The van der Waals surface area contributed by atoms with E-state index in [-0.39, 0.29) is 11.6 Å². The van der Waals surface area contributed by atoms with E-state index in [1.807, 2.05) is 35.8 Å². The molecule has 1 aromatic carbocycles. The first kappa shape index (κ1) is 16.8. The van der Waals surface area contributed by atoms with Gasteiger partial charge in [-0.1, -0.05) is 17.7 Å². The molecule has 0 saturated heterocycles. The number of aromatic nitrogens is 3. The van der Waals surface area contributed by atoms with Crippen molar-refractivity contribution in [2.24, 2.45) is 0 Å². The lowest BCUT2D eigenvalue weighted by atomic mass is 10.2. The molecule has 0 fully saturated rings. The van der Waals surface area contributed by atoms with Gasteiger partial charge in [-0.2, -0.15) is 0 Å².